The van der Waals surface area contributed by atoms with Crippen LogP contribution >= 0.6 is 0 Å². The van der Waals surface area contributed by atoms with Crippen molar-refractivity contribution in [2.24, 2.45) is 5.16 Å². The van der Waals surface area contributed by atoms with Crippen molar-refractivity contribution in [1.29, 1.82) is 0 Å². The zero-order valence-electron chi connectivity index (χ0n) is 14.4. The number of nitrogens with zero attached hydrogens (tertiary/aromatic N) is 3. The number of aromatic nitrogens is 2. The summed E-state index contributed by atoms with van der Waals surface area (Å²) in [6, 6.07) is 6.81. The van der Waals surface area contributed by atoms with Crippen LogP contribution in [0.1, 0.15) is 41.9 Å². The molecular formula is C18H20N4O3. The van der Waals surface area contributed by atoms with E-state index in [4.69, 9.17) is 4.84 Å². The Morgan fingerprint density at radius 2 is 2.20 bits per heavy atom. The number of Topliss-reactive ketones (excluding diaryl/α,β-unsaturated/α-hetero) is 1. The van der Waals surface area contributed by atoms with Gasteiger partial charge in [-0.1, -0.05) is 17.3 Å². The van der Waals surface area contributed by atoms with Gasteiger partial charge in [-0.05, 0) is 32.9 Å². The van der Waals surface area contributed by atoms with Gasteiger partial charge in [0.1, 0.15) is 0 Å². The maximum Gasteiger partial charge on any atom is 0.268 e. The van der Waals surface area contributed by atoms with Crippen molar-refractivity contribution in [2.75, 3.05) is 5.32 Å². The molecule has 1 aliphatic rings. The summed E-state index contributed by atoms with van der Waals surface area (Å²) < 4.78 is 1.87. The fourth-order valence-electron chi connectivity index (χ4n) is 2.76. The third-order valence-electron chi connectivity index (χ3n) is 4.21. The first-order chi connectivity index (χ1) is 12.0. The molecule has 0 fully saturated rings. The first kappa shape index (κ1) is 16.9. The van der Waals surface area contributed by atoms with Gasteiger partial charge in [-0.2, -0.15) is 5.10 Å². The molecule has 130 valence electrons. The number of hydrogen-bond donors (Lipinski definition) is 1. The second-order valence-electron chi connectivity index (χ2n) is 5.92. The normalized spacial score (nSPS) is 16.3. The van der Waals surface area contributed by atoms with Crippen LogP contribution in [0.4, 0.5) is 5.69 Å². The molecule has 0 aliphatic carbocycles. The summed E-state index contributed by atoms with van der Waals surface area (Å²) in [6.07, 6.45) is 1.44. The molecule has 1 amide bonds. The van der Waals surface area contributed by atoms with Gasteiger partial charge in [0.05, 0.1) is 11.9 Å². The highest BCUT2D eigenvalue weighted by molar-refractivity contribution is 6.06. The standard InChI is InChI=1S/C18H20N4O3/c1-4-22-11(2)15(10-19-22)16-9-17(25-21-16)18(24)20-14-7-5-6-13(8-14)12(3)23/h5-8,10,17H,4,9H2,1-3H3,(H,20,24)/t17-/m0/s1. The van der Waals surface area contributed by atoms with Gasteiger partial charge in [-0.3, -0.25) is 14.3 Å². The van der Waals surface area contributed by atoms with Crippen molar-refractivity contribution in [2.45, 2.75) is 39.8 Å². The van der Waals surface area contributed by atoms with Crippen LogP contribution in [-0.4, -0.2) is 33.3 Å². The number of carbonyl (C=O) groups excluding carboxylic acids is 2. The molecule has 0 saturated heterocycles. The van der Waals surface area contributed by atoms with E-state index in [0.29, 0.717) is 17.7 Å². The number of aryl methyl sites for hydroxylation is 1. The lowest BCUT2D eigenvalue weighted by Gasteiger charge is -2.10. The molecule has 0 saturated carbocycles. The van der Waals surface area contributed by atoms with Gasteiger partial charge in [0.2, 0.25) is 6.10 Å². The summed E-state index contributed by atoms with van der Waals surface area (Å²) in [5.74, 6) is -0.345. The van der Waals surface area contributed by atoms with Gasteiger partial charge in [0.25, 0.3) is 5.91 Å². The molecule has 0 unspecified atom stereocenters. The van der Waals surface area contributed by atoms with E-state index < -0.39 is 6.10 Å². The number of anilines is 1. The van der Waals surface area contributed by atoms with Crippen LogP contribution in [-0.2, 0) is 16.2 Å². The van der Waals surface area contributed by atoms with Crippen molar-refractivity contribution >= 4 is 23.1 Å². The van der Waals surface area contributed by atoms with Gasteiger partial charge in [-0.25, -0.2) is 0 Å². The zero-order chi connectivity index (χ0) is 18.0. The molecule has 1 aromatic carbocycles. The Hall–Kier alpha value is -2.96. The molecule has 25 heavy (non-hydrogen) atoms. The quantitative estimate of drug-likeness (QED) is 0.848. The fourth-order valence-corrected chi connectivity index (χ4v) is 2.76. The Balaban J connectivity index is 1.66. The van der Waals surface area contributed by atoms with Crippen LogP contribution in [0.15, 0.2) is 35.6 Å². The number of rotatable bonds is 5. The summed E-state index contributed by atoms with van der Waals surface area (Å²) in [7, 11) is 0. The molecule has 0 spiro atoms. The molecule has 2 heterocycles. The third kappa shape index (κ3) is 3.45. The van der Waals surface area contributed by atoms with E-state index in [0.717, 1.165) is 23.5 Å². The summed E-state index contributed by atoms with van der Waals surface area (Å²) >= 11 is 0. The molecular weight excluding hydrogens is 320 g/mol. The smallest absolute Gasteiger partial charge is 0.268 e. The van der Waals surface area contributed by atoms with Crippen LogP contribution < -0.4 is 5.32 Å². The van der Waals surface area contributed by atoms with E-state index in [1.54, 1.807) is 30.5 Å². The molecule has 7 nitrogen and oxygen atoms in total. The minimum absolute atomic E-state index is 0.0535. The molecule has 7 heteroatoms. The van der Waals surface area contributed by atoms with Crippen molar-refractivity contribution in [3.8, 4) is 0 Å². The lowest BCUT2D eigenvalue weighted by molar-refractivity contribution is -0.125. The second-order valence-corrected chi connectivity index (χ2v) is 5.92. The predicted molar refractivity (Wildman–Crippen MR) is 93.7 cm³/mol. The Morgan fingerprint density at radius 1 is 1.40 bits per heavy atom. The number of nitrogens with one attached hydrogen (secondary N) is 1. The van der Waals surface area contributed by atoms with Crippen molar-refractivity contribution in [1.82, 2.24) is 9.78 Å². The van der Waals surface area contributed by atoms with E-state index in [1.807, 2.05) is 18.5 Å². The summed E-state index contributed by atoms with van der Waals surface area (Å²) in [5.41, 5.74) is 3.72. The lowest BCUT2D eigenvalue weighted by atomic mass is 10.1. The van der Waals surface area contributed by atoms with Gasteiger partial charge in [0, 0.05) is 35.5 Å². The second kappa shape index (κ2) is 6.88. The molecule has 3 rings (SSSR count). The molecule has 2 aromatic rings. The zero-order valence-corrected chi connectivity index (χ0v) is 14.4. The maximum absolute atomic E-state index is 12.4. The number of carbonyl (C=O) groups is 2. The minimum Gasteiger partial charge on any atom is -0.382 e. The molecule has 0 bridgehead atoms. The Kier molecular flexibility index (Phi) is 4.65. The van der Waals surface area contributed by atoms with Gasteiger partial charge in [0.15, 0.2) is 5.78 Å². The van der Waals surface area contributed by atoms with Gasteiger partial charge >= 0.3 is 0 Å². The van der Waals surface area contributed by atoms with Gasteiger partial charge in [-0.15, -0.1) is 0 Å². The number of benzene rings is 1. The van der Waals surface area contributed by atoms with Crippen LogP contribution in [0.25, 0.3) is 0 Å². The average molecular weight is 340 g/mol. The van der Waals surface area contributed by atoms with Crippen LogP contribution in [0.2, 0.25) is 0 Å². The summed E-state index contributed by atoms with van der Waals surface area (Å²) in [5, 5.41) is 11.1. The lowest BCUT2D eigenvalue weighted by Crippen LogP contribution is -2.28. The minimum atomic E-state index is -0.694. The number of amides is 1. The summed E-state index contributed by atoms with van der Waals surface area (Å²) in [6.45, 7) is 6.24. The largest absolute Gasteiger partial charge is 0.382 e. The Morgan fingerprint density at radius 3 is 2.88 bits per heavy atom. The Bertz CT molecular complexity index is 854. The molecule has 1 aliphatic heterocycles. The van der Waals surface area contributed by atoms with Gasteiger partial charge < -0.3 is 10.2 Å². The number of hydrogen-bond acceptors (Lipinski definition) is 5. The average Bonchev–Trinajstić information content (AvgIpc) is 3.21. The fraction of sp³-hybridized carbons (Fsp3) is 0.333. The monoisotopic (exact) mass is 340 g/mol. The van der Waals surface area contributed by atoms with E-state index in [-0.39, 0.29) is 11.7 Å². The predicted octanol–water partition coefficient (Wildman–Crippen LogP) is 2.55. The highest BCUT2D eigenvalue weighted by atomic mass is 16.6. The maximum atomic E-state index is 12.4. The molecule has 0 radical (unpaired) electrons. The van der Waals surface area contributed by atoms with Crippen LogP contribution in [0, 0.1) is 6.92 Å². The van der Waals surface area contributed by atoms with E-state index in [9.17, 15) is 9.59 Å². The highest BCUT2D eigenvalue weighted by Gasteiger charge is 2.30. The third-order valence-corrected chi connectivity index (χ3v) is 4.21. The van der Waals surface area contributed by atoms with Crippen LogP contribution in [0.5, 0.6) is 0 Å². The topological polar surface area (TPSA) is 85.6 Å². The van der Waals surface area contributed by atoms with E-state index >= 15 is 0 Å². The van der Waals surface area contributed by atoms with Crippen LogP contribution in [0.3, 0.4) is 0 Å². The first-order valence-electron chi connectivity index (χ1n) is 8.17. The number of oxime groups is 1. The SMILES string of the molecule is CCn1ncc(C2=NO[C@H](C(=O)Nc3cccc(C(C)=O)c3)C2)c1C. The first-order valence-corrected chi connectivity index (χ1v) is 8.17. The highest BCUT2D eigenvalue weighted by Crippen LogP contribution is 2.21. The van der Waals surface area contributed by atoms with E-state index in [2.05, 4.69) is 15.6 Å². The van der Waals surface area contributed by atoms with Crippen molar-refractivity contribution in [3.05, 3.63) is 47.3 Å². The number of ketones is 1. The summed E-state index contributed by atoms with van der Waals surface area (Å²) in [4.78, 5) is 29.1. The molecule has 1 N–H and O–H groups in total. The Labute approximate surface area is 145 Å². The molecule has 1 aromatic heterocycles. The van der Waals surface area contributed by atoms with Crippen molar-refractivity contribution in [3.63, 3.8) is 0 Å². The molecule has 1 atom stereocenters. The van der Waals surface area contributed by atoms with E-state index in [1.165, 1.54) is 6.92 Å². The van der Waals surface area contributed by atoms with Crippen molar-refractivity contribution < 1.29 is 14.4 Å².